The van der Waals surface area contributed by atoms with Crippen molar-refractivity contribution in [1.82, 2.24) is 5.32 Å². The Morgan fingerprint density at radius 1 is 1.33 bits per heavy atom. The fourth-order valence-corrected chi connectivity index (χ4v) is 3.12. The van der Waals surface area contributed by atoms with Gasteiger partial charge in [0, 0.05) is 6.04 Å². The summed E-state index contributed by atoms with van der Waals surface area (Å²) in [5.74, 6) is -1.27. The third kappa shape index (κ3) is 3.16. The number of hydrogen-bond acceptors (Lipinski definition) is 2. The van der Waals surface area contributed by atoms with Crippen molar-refractivity contribution < 1.29 is 14.7 Å². The van der Waals surface area contributed by atoms with Gasteiger partial charge in [0.05, 0.1) is 21.0 Å². The number of hydrogen-bond donors (Lipinski definition) is 2. The summed E-state index contributed by atoms with van der Waals surface area (Å²) in [7, 11) is 0. The van der Waals surface area contributed by atoms with E-state index in [4.69, 9.17) is 23.2 Å². The van der Waals surface area contributed by atoms with Crippen LogP contribution in [0.25, 0.3) is 0 Å². The molecule has 4 nitrogen and oxygen atoms in total. The van der Waals surface area contributed by atoms with Crippen LogP contribution in [0.4, 0.5) is 0 Å². The predicted molar refractivity (Wildman–Crippen MR) is 81.9 cm³/mol. The topological polar surface area (TPSA) is 66.4 Å². The Labute approximate surface area is 133 Å². The summed E-state index contributed by atoms with van der Waals surface area (Å²) in [6.45, 7) is 1.68. The van der Waals surface area contributed by atoms with Crippen molar-refractivity contribution in [3.63, 3.8) is 0 Å². The monoisotopic (exact) mass is 329 g/mol. The summed E-state index contributed by atoms with van der Waals surface area (Å²) >= 11 is 11.9. The van der Waals surface area contributed by atoms with Crippen LogP contribution in [-0.2, 0) is 4.79 Å². The molecule has 1 aliphatic rings. The second-order valence-electron chi connectivity index (χ2n) is 5.60. The Bertz CT molecular complexity index is 576. The third-order valence-electron chi connectivity index (χ3n) is 4.20. The van der Waals surface area contributed by atoms with Gasteiger partial charge in [-0.3, -0.25) is 9.59 Å². The normalized spacial score (nSPS) is 25.4. The number of aliphatic carboxylic acids is 1. The largest absolute Gasteiger partial charge is 0.481 e. The molecule has 21 heavy (non-hydrogen) atoms. The van der Waals surface area contributed by atoms with E-state index in [0.29, 0.717) is 17.9 Å². The highest BCUT2D eigenvalue weighted by Gasteiger charge is 2.44. The number of rotatable bonds is 3. The van der Waals surface area contributed by atoms with E-state index >= 15 is 0 Å². The van der Waals surface area contributed by atoms with Crippen LogP contribution in [0, 0.1) is 5.41 Å². The van der Waals surface area contributed by atoms with Gasteiger partial charge in [-0.1, -0.05) is 42.1 Å². The van der Waals surface area contributed by atoms with Gasteiger partial charge in [0.15, 0.2) is 0 Å². The molecule has 2 rings (SSSR count). The molecule has 0 aliphatic heterocycles. The van der Waals surface area contributed by atoms with Gasteiger partial charge in [-0.15, -0.1) is 0 Å². The molecule has 1 fully saturated rings. The maximum absolute atomic E-state index is 12.3. The number of halogens is 2. The van der Waals surface area contributed by atoms with E-state index in [2.05, 4.69) is 5.32 Å². The average molecular weight is 330 g/mol. The van der Waals surface area contributed by atoms with Crippen LogP contribution in [0.5, 0.6) is 0 Å². The number of carbonyl (C=O) groups is 2. The van der Waals surface area contributed by atoms with Crippen molar-refractivity contribution in [2.75, 3.05) is 0 Å². The molecule has 1 amide bonds. The zero-order valence-electron chi connectivity index (χ0n) is 11.7. The fourth-order valence-electron chi connectivity index (χ4n) is 2.74. The lowest BCUT2D eigenvalue weighted by atomic mass is 9.71. The summed E-state index contributed by atoms with van der Waals surface area (Å²) in [6, 6.07) is 4.40. The molecule has 1 aromatic carbocycles. The third-order valence-corrected chi connectivity index (χ3v) is 5.02. The van der Waals surface area contributed by atoms with Crippen molar-refractivity contribution in [1.29, 1.82) is 0 Å². The molecular formula is C15H17Cl2NO3. The van der Waals surface area contributed by atoms with Crippen molar-refractivity contribution in [3.8, 4) is 0 Å². The van der Waals surface area contributed by atoms with E-state index in [1.807, 2.05) is 0 Å². The van der Waals surface area contributed by atoms with E-state index in [1.165, 1.54) is 0 Å². The van der Waals surface area contributed by atoms with E-state index < -0.39 is 17.4 Å². The Hall–Kier alpha value is -1.26. The first-order valence-corrected chi connectivity index (χ1v) is 7.60. The van der Waals surface area contributed by atoms with Crippen molar-refractivity contribution in [2.45, 2.75) is 38.6 Å². The van der Waals surface area contributed by atoms with Gasteiger partial charge in [-0.25, -0.2) is 0 Å². The van der Waals surface area contributed by atoms with Gasteiger partial charge in [0.2, 0.25) is 0 Å². The summed E-state index contributed by atoms with van der Waals surface area (Å²) in [5.41, 5.74) is -0.679. The second-order valence-corrected chi connectivity index (χ2v) is 6.38. The molecule has 2 unspecified atom stereocenters. The molecule has 0 heterocycles. The minimum Gasteiger partial charge on any atom is -0.481 e. The van der Waals surface area contributed by atoms with E-state index in [-0.39, 0.29) is 16.5 Å². The Kier molecular flexibility index (Phi) is 4.79. The number of carboxylic acids is 1. The number of amides is 1. The standard InChI is InChI=1S/C15H17Cl2NO3/c1-15(14(20)21)8-3-2-7-11(15)18-13(19)9-5-4-6-10(16)12(9)17/h4-6,11H,2-3,7-8H2,1H3,(H,18,19)(H,20,21). The number of carboxylic acid groups (broad SMARTS) is 1. The molecule has 114 valence electrons. The van der Waals surface area contributed by atoms with Crippen LogP contribution in [0.3, 0.4) is 0 Å². The van der Waals surface area contributed by atoms with Gasteiger partial charge in [-0.05, 0) is 31.9 Å². The highest BCUT2D eigenvalue weighted by atomic mass is 35.5. The van der Waals surface area contributed by atoms with Gasteiger partial charge < -0.3 is 10.4 Å². The zero-order valence-corrected chi connectivity index (χ0v) is 13.2. The molecule has 1 saturated carbocycles. The molecule has 0 spiro atoms. The summed E-state index contributed by atoms with van der Waals surface area (Å²) in [4.78, 5) is 23.9. The molecule has 0 saturated heterocycles. The van der Waals surface area contributed by atoms with Crippen LogP contribution >= 0.6 is 23.2 Å². The predicted octanol–water partition coefficient (Wildman–Crippen LogP) is 3.76. The maximum atomic E-state index is 12.3. The van der Waals surface area contributed by atoms with Crippen LogP contribution < -0.4 is 5.32 Å². The van der Waals surface area contributed by atoms with Crippen LogP contribution in [0.15, 0.2) is 18.2 Å². The molecule has 0 bridgehead atoms. The van der Waals surface area contributed by atoms with Crippen molar-refractivity contribution in [2.24, 2.45) is 5.41 Å². The average Bonchev–Trinajstić information content (AvgIpc) is 2.44. The highest BCUT2D eigenvalue weighted by molar-refractivity contribution is 6.43. The van der Waals surface area contributed by atoms with Gasteiger partial charge in [-0.2, -0.15) is 0 Å². The van der Waals surface area contributed by atoms with Crippen LogP contribution in [0.1, 0.15) is 43.0 Å². The van der Waals surface area contributed by atoms with Crippen LogP contribution in [-0.4, -0.2) is 23.0 Å². The number of nitrogens with one attached hydrogen (secondary N) is 1. The van der Waals surface area contributed by atoms with Crippen molar-refractivity contribution in [3.05, 3.63) is 33.8 Å². The van der Waals surface area contributed by atoms with Gasteiger partial charge >= 0.3 is 5.97 Å². The molecule has 1 aliphatic carbocycles. The number of benzene rings is 1. The molecular weight excluding hydrogens is 313 g/mol. The lowest BCUT2D eigenvalue weighted by Gasteiger charge is -2.38. The second kappa shape index (κ2) is 6.24. The number of carbonyl (C=O) groups excluding carboxylic acids is 1. The van der Waals surface area contributed by atoms with Gasteiger partial charge in [0.1, 0.15) is 0 Å². The minimum atomic E-state index is -0.945. The zero-order chi connectivity index (χ0) is 15.6. The minimum absolute atomic E-state index is 0.185. The Morgan fingerprint density at radius 2 is 2.05 bits per heavy atom. The molecule has 2 atom stereocenters. The summed E-state index contributed by atoms with van der Waals surface area (Å²) in [6.07, 6.45) is 2.95. The fraction of sp³-hybridized carbons (Fsp3) is 0.467. The Morgan fingerprint density at radius 3 is 2.71 bits per heavy atom. The first-order chi connectivity index (χ1) is 9.86. The molecule has 2 N–H and O–H groups in total. The van der Waals surface area contributed by atoms with E-state index in [0.717, 1.165) is 12.8 Å². The van der Waals surface area contributed by atoms with Crippen molar-refractivity contribution >= 4 is 35.1 Å². The molecule has 1 aromatic rings. The summed E-state index contributed by atoms with van der Waals surface area (Å²) < 4.78 is 0. The highest BCUT2D eigenvalue weighted by Crippen LogP contribution is 2.37. The van der Waals surface area contributed by atoms with Gasteiger partial charge in [0.25, 0.3) is 5.91 Å². The lowest BCUT2D eigenvalue weighted by Crippen LogP contribution is -2.52. The smallest absolute Gasteiger partial charge is 0.311 e. The van der Waals surface area contributed by atoms with Crippen LogP contribution in [0.2, 0.25) is 10.0 Å². The Balaban J connectivity index is 2.21. The molecule has 0 radical (unpaired) electrons. The first kappa shape index (κ1) is 16.1. The maximum Gasteiger partial charge on any atom is 0.311 e. The summed E-state index contributed by atoms with van der Waals surface area (Å²) in [5, 5.41) is 12.7. The van der Waals surface area contributed by atoms with E-state index in [1.54, 1.807) is 25.1 Å². The first-order valence-electron chi connectivity index (χ1n) is 6.84. The van der Waals surface area contributed by atoms with E-state index in [9.17, 15) is 14.7 Å². The SMILES string of the molecule is CC1(C(=O)O)CCCCC1NC(=O)c1cccc(Cl)c1Cl. The molecule has 0 aromatic heterocycles. The lowest BCUT2D eigenvalue weighted by molar-refractivity contribution is -0.151. The quantitative estimate of drug-likeness (QED) is 0.887. The molecule has 6 heteroatoms.